The van der Waals surface area contributed by atoms with E-state index in [1.165, 1.54) is 0 Å². The zero-order chi connectivity index (χ0) is 9.97. The summed E-state index contributed by atoms with van der Waals surface area (Å²) in [7, 11) is 0. The average molecular weight is 215 g/mol. The van der Waals surface area contributed by atoms with Crippen molar-refractivity contribution in [1.29, 1.82) is 0 Å². The van der Waals surface area contributed by atoms with Crippen molar-refractivity contribution in [2.45, 2.75) is 18.4 Å². The lowest BCUT2D eigenvalue weighted by Crippen LogP contribution is -2.12. The molecule has 1 aliphatic heterocycles. The molecule has 1 aromatic heterocycles. The number of aliphatic hydroxyl groups excluding tert-OH is 1. The van der Waals surface area contributed by atoms with E-state index in [1.54, 1.807) is 0 Å². The first-order valence-electron chi connectivity index (χ1n) is 4.60. The molecule has 78 valence electrons. The van der Waals surface area contributed by atoms with Crippen LogP contribution in [0.3, 0.4) is 0 Å². The highest BCUT2D eigenvalue weighted by Gasteiger charge is 2.24. The molecule has 0 bridgehead atoms. The van der Waals surface area contributed by atoms with Gasteiger partial charge in [-0.1, -0.05) is 5.16 Å². The number of aromatic nitrogens is 2. The molecule has 2 rings (SSSR count). The first kappa shape index (κ1) is 9.95. The molecule has 2 atom stereocenters. The van der Waals surface area contributed by atoms with E-state index in [0.29, 0.717) is 11.7 Å². The van der Waals surface area contributed by atoms with E-state index in [2.05, 4.69) is 10.1 Å². The summed E-state index contributed by atoms with van der Waals surface area (Å²) in [6.45, 7) is 0.112. The van der Waals surface area contributed by atoms with E-state index in [4.69, 9.17) is 10.3 Å². The molecule has 3 N–H and O–H groups in total. The Bertz CT molecular complexity index is 299. The van der Waals surface area contributed by atoms with E-state index < -0.39 is 6.10 Å². The maximum atomic E-state index is 9.36. The zero-order valence-electron chi connectivity index (χ0n) is 7.72. The van der Waals surface area contributed by atoms with Crippen LogP contribution in [-0.4, -0.2) is 33.3 Å². The maximum absolute atomic E-state index is 9.36. The van der Waals surface area contributed by atoms with Gasteiger partial charge in [-0.25, -0.2) is 0 Å². The molecule has 1 unspecified atom stereocenters. The second-order valence-electron chi connectivity index (χ2n) is 3.30. The average Bonchev–Trinajstić information content (AvgIpc) is 2.86. The third-order valence-electron chi connectivity index (χ3n) is 2.26. The summed E-state index contributed by atoms with van der Waals surface area (Å²) >= 11 is 1.89. The number of aliphatic hydroxyl groups is 1. The van der Waals surface area contributed by atoms with Gasteiger partial charge in [0.05, 0.1) is 0 Å². The second kappa shape index (κ2) is 4.29. The molecule has 0 aromatic carbocycles. The molecule has 5 nitrogen and oxygen atoms in total. The van der Waals surface area contributed by atoms with Gasteiger partial charge >= 0.3 is 0 Å². The molecule has 0 aliphatic carbocycles. The van der Waals surface area contributed by atoms with Crippen LogP contribution in [0.2, 0.25) is 0 Å². The predicted molar refractivity (Wildman–Crippen MR) is 53.0 cm³/mol. The molecule has 1 fully saturated rings. The number of hydrogen-bond donors (Lipinski definition) is 2. The lowest BCUT2D eigenvalue weighted by molar-refractivity contribution is 0.141. The Hall–Kier alpha value is -0.590. The fourth-order valence-corrected chi connectivity index (χ4v) is 2.61. The lowest BCUT2D eigenvalue weighted by Gasteiger charge is -2.00. The smallest absolute Gasteiger partial charge is 0.256 e. The molecule has 0 amide bonds. The fourth-order valence-electron chi connectivity index (χ4n) is 1.39. The SMILES string of the molecule is NC[C@H](O)c1nc(C2CCSC2)no1. The normalized spacial score (nSPS) is 24.0. The van der Waals surface area contributed by atoms with Gasteiger partial charge in [-0.15, -0.1) is 0 Å². The summed E-state index contributed by atoms with van der Waals surface area (Å²) in [4.78, 5) is 4.14. The first-order chi connectivity index (χ1) is 6.81. The van der Waals surface area contributed by atoms with Gasteiger partial charge in [-0.05, 0) is 12.2 Å². The van der Waals surface area contributed by atoms with E-state index in [9.17, 15) is 5.11 Å². The minimum Gasteiger partial charge on any atom is -0.382 e. The topological polar surface area (TPSA) is 85.2 Å². The Morgan fingerprint density at radius 3 is 3.21 bits per heavy atom. The molecule has 1 aliphatic rings. The number of rotatable bonds is 3. The van der Waals surface area contributed by atoms with Crippen molar-refractivity contribution in [3.8, 4) is 0 Å². The van der Waals surface area contributed by atoms with Crippen LogP contribution >= 0.6 is 11.8 Å². The summed E-state index contributed by atoms with van der Waals surface area (Å²) < 4.78 is 4.93. The van der Waals surface area contributed by atoms with Crippen molar-refractivity contribution in [2.75, 3.05) is 18.1 Å². The minimum absolute atomic E-state index is 0.112. The summed E-state index contributed by atoms with van der Waals surface area (Å²) in [5.41, 5.74) is 5.28. The fraction of sp³-hybridized carbons (Fsp3) is 0.750. The van der Waals surface area contributed by atoms with Crippen LogP contribution in [-0.2, 0) is 0 Å². The van der Waals surface area contributed by atoms with Gasteiger partial charge in [0, 0.05) is 18.2 Å². The number of nitrogens with zero attached hydrogens (tertiary/aromatic N) is 2. The molecule has 14 heavy (non-hydrogen) atoms. The number of thioether (sulfide) groups is 1. The first-order valence-corrected chi connectivity index (χ1v) is 5.76. The summed E-state index contributed by atoms with van der Waals surface area (Å²) in [5, 5.41) is 13.2. The standard InChI is InChI=1S/C8H13N3O2S/c9-3-6(12)8-10-7(11-13-8)5-1-2-14-4-5/h5-6,12H,1-4,9H2/t5?,6-/m0/s1. The van der Waals surface area contributed by atoms with Crippen LogP contribution in [0.5, 0.6) is 0 Å². The maximum Gasteiger partial charge on any atom is 0.256 e. The van der Waals surface area contributed by atoms with Crippen LogP contribution in [0.4, 0.5) is 0 Å². The van der Waals surface area contributed by atoms with Crippen molar-refractivity contribution in [3.63, 3.8) is 0 Å². The third-order valence-corrected chi connectivity index (χ3v) is 3.42. The molecule has 2 heterocycles. The van der Waals surface area contributed by atoms with Crippen LogP contribution in [0.15, 0.2) is 4.52 Å². The van der Waals surface area contributed by atoms with Gasteiger partial charge in [0.1, 0.15) is 6.10 Å². The third kappa shape index (κ3) is 1.92. The van der Waals surface area contributed by atoms with Gasteiger partial charge in [0.2, 0.25) is 0 Å². The number of hydrogen-bond acceptors (Lipinski definition) is 6. The van der Waals surface area contributed by atoms with Crippen LogP contribution < -0.4 is 5.73 Å². The number of nitrogens with two attached hydrogens (primary N) is 1. The highest BCUT2D eigenvalue weighted by Crippen LogP contribution is 2.30. The van der Waals surface area contributed by atoms with Crippen molar-refractivity contribution in [2.24, 2.45) is 5.73 Å². The van der Waals surface area contributed by atoms with Gasteiger partial charge in [0.15, 0.2) is 5.82 Å². The van der Waals surface area contributed by atoms with Crippen molar-refractivity contribution in [1.82, 2.24) is 10.1 Å². The summed E-state index contributed by atoms with van der Waals surface area (Å²) in [6.07, 6.45) is 0.257. The van der Waals surface area contributed by atoms with Gasteiger partial charge in [-0.3, -0.25) is 0 Å². The highest BCUT2D eigenvalue weighted by molar-refractivity contribution is 7.99. The monoisotopic (exact) mass is 215 g/mol. The quantitative estimate of drug-likeness (QED) is 0.753. The molecule has 1 saturated heterocycles. The lowest BCUT2D eigenvalue weighted by atomic mass is 10.1. The largest absolute Gasteiger partial charge is 0.382 e. The van der Waals surface area contributed by atoms with Crippen LogP contribution in [0.1, 0.15) is 30.2 Å². The Morgan fingerprint density at radius 2 is 2.57 bits per heavy atom. The van der Waals surface area contributed by atoms with E-state index in [0.717, 1.165) is 17.9 Å². The summed E-state index contributed by atoms with van der Waals surface area (Å²) in [6, 6.07) is 0. The minimum atomic E-state index is -0.828. The van der Waals surface area contributed by atoms with Gasteiger partial charge in [0.25, 0.3) is 5.89 Å². The molecule has 0 radical (unpaired) electrons. The van der Waals surface area contributed by atoms with E-state index in [1.807, 2.05) is 11.8 Å². The van der Waals surface area contributed by atoms with Crippen LogP contribution in [0.25, 0.3) is 0 Å². The molecule has 0 spiro atoms. The second-order valence-corrected chi connectivity index (χ2v) is 4.45. The van der Waals surface area contributed by atoms with Gasteiger partial charge in [-0.2, -0.15) is 16.7 Å². The van der Waals surface area contributed by atoms with Gasteiger partial charge < -0.3 is 15.4 Å². The molecular weight excluding hydrogens is 202 g/mol. The highest BCUT2D eigenvalue weighted by atomic mass is 32.2. The van der Waals surface area contributed by atoms with E-state index >= 15 is 0 Å². The van der Waals surface area contributed by atoms with Crippen LogP contribution in [0, 0.1) is 0 Å². The van der Waals surface area contributed by atoms with E-state index in [-0.39, 0.29) is 12.4 Å². The van der Waals surface area contributed by atoms with Crippen molar-refractivity contribution in [3.05, 3.63) is 11.7 Å². The Labute approximate surface area is 86.1 Å². The van der Waals surface area contributed by atoms with Crippen molar-refractivity contribution < 1.29 is 9.63 Å². The van der Waals surface area contributed by atoms with Crippen molar-refractivity contribution >= 4 is 11.8 Å². The molecule has 0 saturated carbocycles. The Balaban J connectivity index is 2.08. The predicted octanol–water partition coefficient (Wildman–Crippen LogP) is 0.282. The Morgan fingerprint density at radius 1 is 1.71 bits per heavy atom. The Kier molecular flexibility index (Phi) is 3.05. The molecular formula is C8H13N3O2S. The molecule has 1 aromatic rings. The summed E-state index contributed by atoms with van der Waals surface area (Å²) in [5.74, 6) is 3.51. The molecule has 6 heteroatoms. The zero-order valence-corrected chi connectivity index (χ0v) is 8.54.